The van der Waals surface area contributed by atoms with E-state index in [1.54, 1.807) is 11.6 Å². The molecule has 3 atom stereocenters. The third-order valence-corrected chi connectivity index (χ3v) is 5.54. The van der Waals surface area contributed by atoms with Gasteiger partial charge in [-0.05, 0) is 37.7 Å². The lowest BCUT2D eigenvalue weighted by Gasteiger charge is -2.41. The van der Waals surface area contributed by atoms with Gasteiger partial charge in [0.2, 0.25) is 5.91 Å². The van der Waals surface area contributed by atoms with E-state index < -0.39 is 0 Å². The number of rotatable bonds is 3. The highest BCUT2D eigenvalue weighted by atomic mass is 16.5. The number of likely N-dealkylation sites (tertiary alicyclic amines) is 1. The molecule has 2 bridgehead atoms. The fourth-order valence-corrected chi connectivity index (χ4v) is 3.99. The summed E-state index contributed by atoms with van der Waals surface area (Å²) in [7, 11) is 1.74. The summed E-state index contributed by atoms with van der Waals surface area (Å²) in [6.45, 7) is 3.14. The Morgan fingerprint density at radius 1 is 1.22 bits per heavy atom. The van der Waals surface area contributed by atoms with E-state index in [4.69, 9.17) is 4.74 Å². The van der Waals surface area contributed by atoms with Gasteiger partial charge in [0.1, 0.15) is 11.9 Å². The van der Waals surface area contributed by atoms with Crippen LogP contribution < -0.4 is 10.3 Å². The van der Waals surface area contributed by atoms with Gasteiger partial charge in [-0.2, -0.15) is 0 Å². The minimum absolute atomic E-state index is 0.000381. The molecule has 0 spiro atoms. The predicted octanol–water partition coefficient (Wildman–Crippen LogP) is 1.50. The van der Waals surface area contributed by atoms with Gasteiger partial charge < -0.3 is 14.2 Å². The average molecular weight is 314 g/mol. The third-order valence-electron chi connectivity index (χ3n) is 5.54. The molecule has 1 aromatic rings. The van der Waals surface area contributed by atoms with Crippen molar-refractivity contribution >= 4 is 5.91 Å². The van der Waals surface area contributed by atoms with Crippen molar-refractivity contribution in [3.05, 3.63) is 40.3 Å². The summed E-state index contributed by atoms with van der Waals surface area (Å²) in [6, 6.07) is 3.38. The van der Waals surface area contributed by atoms with Gasteiger partial charge in [0.05, 0.1) is 13.1 Å². The van der Waals surface area contributed by atoms with Crippen molar-refractivity contribution < 1.29 is 9.53 Å². The minimum Gasteiger partial charge on any atom is -0.486 e. The molecule has 5 nitrogen and oxygen atoms in total. The number of allylic oxidation sites excluding steroid dienone is 2. The van der Waals surface area contributed by atoms with E-state index in [9.17, 15) is 9.59 Å². The van der Waals surface area contributed by atoms with Gasteiger partial charge >= 0.3 is 0 Å². The van der Waals surface area contributed by atoms with Crippen LogP contribution in [0.3, 0.4) is 0 Å². The Morgan fingerprint density at radius 2 is 2.00 bits per heavy atom. The maximum Gasteiger partial charge on any atom is 0.254 e. The average Bonchev–Trinajstić information content (AvgIpc) is 3.10. The number of carbonyl (C=O) groups excluding carboxylic acids is 1. The predicted molar refractivity (Wildman–Crippen MR) is 86.3 cm³/mol. The highest BCUT2D eigenvalue weighted by Crippen LogP contribution is 2.44. The number of fused-ring (bicyclic) bond motifs is 2. The number of carbonyl (C=O) groups is 1. The van der Waals surface area contributed by atoms with Gasteiger partial charge in [-0.15, -0.1) is 0 Å². The van der Waals surface area contributed by atoms with Crippen LogP contribution in [0.5, 0.6) is 5.75 Å². The van der Waals surface area contributed by atoms with E-state index >= 15 is 0 Å². The highest BCUT2D eigenvalue weighted by molar-refractivity contribution is 5.81. The second-order valence-corrected chi connectivity index (χ2v) is 7.10. The summed E-state index contributed by atoms with van der Waals surface area (Å²) in [6.07, 6.45) is 6.63. The van der Waals surface area contributed by atoms with Crippen molar-refractivity contribution in [3.63, 3.8) is 0 Å². The fourth-order valence-electron chi connectivity index (χ4n) is 3.99. The van der Waals surface area contributed by atoms with Gasteiger partial charge in [-0.1, -0.05) is 12.2 Å². The molecule has 4 rings (SSSR count). The first kappa shape index (κ1) is 14.5. The van der Waals surface area contributed by atoms with Crippen LogP contribution >= 0.6 is 0 Å². The Bertz CT molecular complexity index is 730. The SMILES string of the molecule is Cc1cc(OC2CN(C(=O)C3CC4C=CC3C4)C2)cc(=O)n1C. The Hall–Kier alpha value is -2.04. The molecule has 0 aromatic carbocycles. The monoisotopic (exact) mass is 314 g/mol. The number of nitrogens with zero attached hydrogens (tertiary/aromatic N) is 2. The Labute approximate surface area is 135 Å². The van der Waals surface area contributed by atoms with Gasteiger partial charge in [-0.3, -0.25) is 9.59 Å². The smallest absolute Gasteiger partial charge is 0.254 e. The quantitative estimate of drug-likeness (QED) is 0.795. The van der Waals surface area contributed by atoms with E-state index in [2.05, 4.69) is 12.2 Å². The second-order valence-electron chi connectivity index (χ2n) is 7.10. The molecule has 3 unspecified atom stereocenters. The zero-order valence-corrected chi connectivity index (χ0v) is 13.6. The molecule has 2 aliphatic carbocycles. The summed E-state index contributed by atoms with van der Waals surface area (Å²) in [5.41, 5.74) is 0.801. The Morgan fingerprint density at radius 3 is 2.61 bits per heavy atom. The Balaban J connectivity index is 1.34. The first-order valence-corrected chi connectivity index (χ1v) is 8.32. The van der Waals surface area contributed by atoms with Crippen LogP contribution in [0.1, 0.15) is 18.5 Å². The molecule has 3 aliphatic rings. The largest absolute Gasteiger partial charge is 0.486 e. The molecule has 1 saturated heterocycles. The lowest BCUT2D eigenvalue weighted by atomic mass is 9.91. The number of hydrogen-bond acceptors (Lipinski definition) is 3. The minimum atomic E-state index is -0.0685. The normalized spacial score (nSPS) is 29.0. The van der Waals surface area contributed by atoms with Crippen molar-refractivity contribution in [2.75, 3.05) is 13.1 Å². The number of aryl methyl sites for hydroxylation is 1. The van der Waals surface area contributed by atoms with Crippen molar-refractivity contribution in [2.45, 2.75) is 25.9 Å². The molecular formula is C18H22N2O3. The number of hydrogen-bond donors (Lipinski definition) is 0. The van der Waals surface area contributed by atoms with Crippen LogP contribution in [0.2, 0.25) is 0 Å². The molecule has 1 amide bonds. The van der Waals surface area contributed by atoms with E-state index in [0.717, 1.165) is 18.5 Å². The summed E-state index contributed by atoms with van der Waals surface area (Å²) in [5, 5.41) is 0. The number of amides is 1. The maximum absolute atomic E-state index is 12.6. The zero-order valence-electron chi connectivity index (χ0n) is 13.6. The van der Waals surface area contributed by atoms with Crippen LogP contribution in [0.15, 0.2) is 29.1 Å². The summed E-state index contributed by atoms with van der Waals surface area (Å²) in [5.74, 6) is 2.13. The van der Waals surface area contributed by atoms with Crippen molar-refractivity contribution in [1.29, 1.82) is 0 Å². The first-order chi connectivity index (χ1) is 11.0. The van der Waals surface area contributed by atoms with Crippen LogP contribution in [-0.2, 0) is 11.8 Å². The molecule has 5 heteroatoms. The van der Waals surface area contributed by atoms with Crippen molar-refractivity contribution in [3.8, 4) is 5.75 Å². The van der Waals surface area contributed by atoms with Crippen molar-refractivity contribution in [2.24, 2.45) is 24.8 Å². The van der Waals surface area contributed by atoms with E-state index in [1.165, 1.54) is 6.07 Å². The summed E-state index contributed by atoms with van der Waals surface area (Å²) < 4.78 is 7.44. The fraction of sp³-hybridized carbons (Fsp3) is 0.556. The molecular weight excluding hydrogens is 292 g/mol. The molecule has 2 fully saturated rings. The van der Waals surface area contributed by atoms with Gasteiger partial charge in [0.25, 0.3) is 5.56 Å². The number of ether oxygens (including phenoxy) is 1. The third kappa shape index (κ3) is 2.48. The first-order valence-electron chi connectivity index (χ1n) is 8.32. The number of pyridine rings is 1. The molecule has 0 radical (unpaired) electrons. The maximum atomic E-state index is 12.6. The molecule has 23 heavy (non-hydrogen) atoms. The highest BCUT2D eigenvalue weighted by Gasteiger charge is 2.44. The standard InChI is InChI=1S/C18H22N2O3/c1-11-5-14(8-17(21)19(11)2)23-15-9-20(10-15)18(22)16-7-12-3-4-13(16)6-12/h3-5,8,12-13,15-16H,6-7,9-10H2,1-2H3. The van der Waals surface area contributed by atoms with Crippen LogP contribution in [0, 0.1) is 24.7 Å². The molecule has 122 valence electrons. The Kier molecular flexibility index (Phi) is 3.32. The molecule has 0 N–H and O–H groups in total. The number of aromatic nitrogens is 1. The topological polar surface area (TPSA) is 51.5 Å². The van der Waals surface area contributed by atoms with Gasteiger partial charge in [-0.25, -0.2) is 0 Å². The summed E-state index contributed by atoms with van der Waals surface area (Å²) >= 11 is 0. The lowest BCUT2D eigenvalue weighted by molar-refractivity contribution is -0.145. The second kappa shape index (κ2) is 5.25. The van der Waals surface area contributed by atoms with E-state index in [1.807, 2.05) is 17.9 Å². The molecule has 1 saturated carbocycles. The zero-order chi connectivity index (χ0) is 16.1. The molecule has 1 aliphatic heterocycles. The van der Waals surface area contributed by atoms with Crippen LogP contribution in [0.25, 0.3) is 0 Å². The molecule has 2 heterocycles. The summed E-state index contributed by atoms with van der Waals surface area (Å²) in [4.78, 5) is 26.2. The lowest BCUT2D eigenvalue weighted by Crippen LogP contribution is -2.58. The van der Waals surface area contributed by atoms with Gasteiger partial charge in [0.15, 0.2) is 0 Å². The van der Waals surface area contributed by atoms with Gasteiger partial charge in [0, 0.05) is 24.7 Å². The van der Waals surface area contributed by atoms with Crippen molar-refractivity contribution in [1.82, 2.24) is 9.47 Å². The van der Waals surface area contributed by atoms with Crippen LogP contribution in [-0.4, -0.2) is 34.6 Å². The molecule has 1 aromatic heterocycles. The van der Waals surface area contributed by atoms with E-state index in [0.29, 0.717) is 30.7 Å². The van der Waals surface area contributed by atoms with E-state index in [-0.39, 0.29) is 23.5 Å². The van der Waals surface area contributed by atoms with Crippen LogP contribution in [0.4, 0.5) is 0 Å².